The van der Waals surface area contributed by atoms with Gasteiger partial charge < -0.3 is 14.3 Å². The summed E-state index contributed by atoms with van der Waals surface area (Å²) in [5.74, 6) is 0.175. The van der Waals surface area contributed by atoms with Crippen molar-refractivity contribution in [3.05, 3.63) is 94.0 Å². The molecule has 154 valence electrons. The van der Waals surface area contributed by atoms with E-state index in [4.69, 9.17) is 9.15 Å². The number of phenols is 1. The van der Waals surface area contributed by atoms with Crippen LogP contribution in [-0.4, -0.2) is 22.6 Å². The molecule has 7 heteroatoms. The van der Waals surface area contributed by atoms with E-state index in [2.05, 4.69) is 4.98 Å². The second-order valence-corrected chi connectivity index (χ2v) is 7.10. The Morgan fingerprint density at radius 1 is 1.10 bits per heavy atom. The molecule has 0 spiro atoms. The van der Waals surface area contributed by atoms with Crippen LogP contribution in [0, 0.1) is 0 Å². The fourth-order valence-electron chi connectivity index (χ4n) is 3.94. The largest absolute Gasteiger partial charge is 0.504 e. The number of rotatable bonds is 4. The Labute approximate surface area is 177 Å². The summed E-state index contributed by atoms with van der Waals surface area (Å²) in [5, 5.41) is 10.5. The van der Waals surface area contributed by atoms with Gasteiger partial charge in [-0.2, -0.15) is 0 Å². The predicted octanol–water partition coefficient (Wildman–Crippen LogP) is 4.04. The summed E-state index contributed by atoms with van der Waals surface area (Å²) in [5.41, 5.74) is 0.908. The number of benzene rings is 2. The number of hydrogen-bond donors (Lipinski definition) is 1. The van der Waals surface area contributed by atoms with E-state index in [1.54, 1.807) is 60.8 Å². The molecule has 1 aliphatic rings. The van der Waals surface area contributed by atoms with E-state index in [0.29, 0.717) is 29.0 Å². The number of carbonyl (C=O) groups excluding carboxylic acids is 1. The molecule has 0 aliphatic carbocycles. The number of ether oxygens (including phenoxy) is 1. The maximum Gasteiger partial charge on any atom is 0.296 e. The normalized spacial score (nSPS) is 15.3. The van der Waals surface area contributed by atoms with Crippen LogP contribution in [0.5, 0.6) is 11.5 Å². The summed E-state index contributed by atoms with van der Waals surface area (Å²) in [4.78, 5) is 32.7. The van der Waals surface area contributed by atoms with Crippen LogP contribution < -0.4 is 15.1 Å². The molecule has 1 N–H and O–H groups in total. The van der Waals surface area contributed by atoms with Crippen LogP contribution in [0.1, 0.15) is 34.6 Å². The van der Waals surface area contributed by atoms with E-state index in [1.165, 1.54) is 11.0 Å². The molecular weight excluding hydrogens is 396 g/mol. The quantitative estimate of drug-likeness (QED) is 0.542. The van der Waals surface area contributed by atoms with Crippen molar-refractivity contribution in [1.29, 1.82) is 0 Å². The second-order valence-electron chi connectivity index (χ2n) is 7.10. The number of hydrogen-bond acceptors (Lipinski definition) is 6. The first-order chi connectivity index (χ1) is 15.1. The molecule has 7 nitrogen and oxygen atoms in total. The van der Waals surface area contributed by atoms with E-state index in [0.717, 1.165) is 0 Å². The number of carbonyl (C=O) groups is 1. The molecule has 1 atom stereocenters. The van der Waals surface area contributed by atoms with Crippen LogP contribution in [0.25, 0.3) is 11.0 Å². The van der Waals surface area contributed by atoms with E-state index >= 15 is 0 Å². The molecular formula is C24H18N2O5. The molecule has 0 bridgehead atoms. The zero-order valence-electron chi connectivity index (χ0n) is 16.6. The minimum Gasteiger partial charge on any atom is -0.504 e. The lowest BCUT2D eigenvalue weighted by atomic mass is 9.98. The minimum absolute atomic E-state index is 0.00890. The molecule has 5 rings (SSSR count). The maximum atomic E-state index is 13.5. The third-order valence-electron chi connectivity index (χ3n) is 5.27. The van der Waals surface area contributed by atoms with Gasteiger partial charge in [0.25, 0.3) is 5.91 Å². The fourth-order valence-corrected chi connectivity index (χ4v) is 3.94. The van der Waals surface area contributed by atoms with Gasteiger partial charge >= 0.3 is 0 Å². The molecule has 3 heterocycles. The summed E-state index contributed by atoms with van der Waals surface area (Å²) in [6, 6.07) is 16.1. The minimum atomic E-state index is -0.780. The molecule has 1 aliphatic heterocycles. The summed E-state index contributed by atoms with van der Waals surface area (Å²) >= 11 is 0. The Bertz CT molecular complexity index is 1360. The van der Waals surface area contributed by atoms with Crippen molar-refractivity contribution in [2.75, 3.05) is 11.5 Å². The van der Waals surface area contributed by atoms with E-state index in [-0.39, 0.29) is 28.3 Å². The SMILES string of the molecule is CCOc1cc(C2c3c(oc4ccccc4c3=O)C(=O)N2c2ccccn2)ccc1O. The topological polar surface area (TPSA) is 92.9 Å². The number of nitrogens with zero attached hydrogens (tertiary/aromatic N) is 2. The third-order valence-corrected chi connectivity index (χ3v) is 5.27. The van der Waals surface area contributed by atoms with Gasteiger partial charge in [-0.1, -0.05) is 24.3 Å². The van der Waals surface area contributed by atoms with Gasteiger partial charge in [-0.15, -0.1) is 0 Å². The van der Waals surface area contributed by atoms with Gasteiger partial charge in [0.05, 0.1) is 23.6 Å². The van der Waals surface area contributed by atoms with Crippen molar-refractivity contribution in [3.63, 3.8) is 0 Å². The molecule has 1 unspecified atom stereocenters. The summed E-state index contributed by atoms with van der Waals surface area (Å²) < 4.78 is 11.4. The van der Waals surface area contributed by atoms with Gasteiger partial charge in [0.1, 0.15) is 11.4 Å². The van der Waals surface area contributed by atoms with Crippen LogP contribution in [-0.2, 0) is 0 Å². The van der Waals surface area contributed by atoms with Gasteiger partial charge in [0, 0.05) is 6.20 Å². The highest BCUT2D eigenvalue weighted by Gasteiger charge is 2.44. The van der Waals surface area contributed by atoms with Crippen LogP contribution >= 0.6 is 0 Å². The zero-order valence-corrected chi connectivity index (χ0v) is 16.6. The lowest BCUT2D eigenvalue weighted by Crippen LogP contribution is -2.30. The number of anilines is 1. The standard InChI is InChI=1S/C24H18N2O5/c1-2-30-18-13-14(10-11-16(18)27)21-20-22(28)15-7-3-4-8-17(15)31-23(20)24(29)26(21)19-9-5-6-12-25-19/h3-13,21,27H,2H2,1H3. The van der Waals surface area contributed by atoms with Crippen molar-refractivity contribution in [2.45, 2.75) is 13.0 Å². The highest BCUT2D eigenvalue weighted by Crippen LogP contribution is 2.42. The lowest BCUT2D eigenvalue weighted by Gasteiger charge is -2.24. The monoisotopic (exact) mass is 414 g/mol. The first kappa shape index (κ1) is 18.9. The van der Waals surface area contributed by atoms with E-state index < -0.39 is 11.9 Å². The van der Waals surface area contributed by atoms with E-state index in [1.807, 2.05) is 6.92 Å². The van der Waals surface area contributed by atoms with Crippen LogP contribution in [0.3, 0.4) is 0 Å². The van der Waals surface area contributed by atoms with Crippen LogP contribution in [0.2, 0.25) is 0 Å². The summed E-state index contributed by atoms with van der Waals surface area (Å²) in [7, 11) is 0. The second kappa shape index (κ2) is 7.28. The van der Waals surface area contributed by atoms with Crippen molar-refractivity contribution in [1.82, 2.24) is 4.98 Å². The van der Waals surface area contributed by atoms with Gasteiger partial charge in [-0.25, -0.2) is 4.98 Å². The third kappa shape index (κ3) is 2.93. The van der Waals surface area contributed by atoms with Crippen molar-refractivity contribution in [3.8, 4) is 11.5 Å². The molecule has 1 amide bonds. The number of phenolic OH excluding ortho intramolecular Hbond substituents is 1. The van der Waals surface area contributed by atoms with Gasteiger partial charge in [-0.05, 0) is 48.9 Å². The predicted molar refractivity (Wildman–Crippen MR) is 115 cm³/mol. The fraction of sp³-hybridized carbons (Fsp3) is 0.125. The number of aromatic nitrogens is 1. The summed E-state index contributed by atoms with van der Waals surface area (Å²) in [6.07, 6.45) is 1.58. The van der Waals surface area contributed by atoms with Crippen LogP contribution in [0.15, 0.2) is 76.1 Å². The maximum absolute atomic E-state index is 13.5. The Kier molecular flexibility index (Phi) is 4.43. The molecule has 2 aromatic carbocycles. The number of pyridine rings is 1. The Hall–Kier alpha value is -4.13. The molecule has 2 aromatic heterocycles. The lowest BCUT2D eigenvalue weighted by molar-refractivity contribution is 0.0970. The van der Waals surface area contributed by atoms with Gasteiger partial charge in [0.2, 0.25) is 5.76 Å². The van der Waals surface area contributed by atoms with E-state index in [9.17, 15) is 14.7 Å². The number of aromatic hydroxyl groups is 1. The smallest absolute Gasteiger partial charge is 0.296 e. The number of amides is 1. The number of para-hydroxylation sites is 1. The van der Waals surface area contributed by atoms with Crippen LogP contribution in [0.4, 0.5) is 5.82 Å². The highest BCUT2D eigenvalue weighted by atomic mass is 16.5. The van der Waals surface area contributed by atoms with Gasteiger partial charge in [0.15, 0.2) is 16.9 Å². The molecule has 4 aromatic rings. The molecule has 0 saturated carbocycles. The zero-order chi connectivity index (χ0) is 21.5. The first-order valence-electron chi connectivity index (χ1n) is 9.86. The van der Waals surface area contributed by atoms with Crippen molar-refractivity contribution >= 4 is 22.7 Å². The van der Waals surface area contributed by atoms with Crippen molar-refractivity contribution < 1.29 is 19.1 Å². The van der Waals surface area contributed by atoms with Gasteiger partial charge in [-0.3, -0.25) is 14.5 Å². The molecule has 0 fully saturated rings. The average molecular weight is 414 g/mol. The summed E-state index contributed by atoms with van der Waals surface area (Å²) in [6.45, 7) is 2.16. The average Bonchev–Trinajstić information content (AvgIpc) is 3.09. The Morgan fingerprint density at radius 3 is 2.68 bits per heavy atom. The molecule has 0 radical (unpaired) electrons. The molecule has 31 heavy (non-hydrogen) atoms. The Balaban J connectivity index is 1.80. The highest BCUT2D eigenvalue weighted by molar-refractivity contribution is 6.10. The van der Waals surface area contributed by atoms with Crippen molar-refractivity contribution in [2.24, 2.45) is 0 Å². The Morgan fingerprint density at radius 2 is 1.90 bits per heavy atom. The first-order valence-corrected chi connectivity index (χ1v) is 9.86. The number of fused-ring (bicyclic) bond motifs is 2. The molecule has 0 saturated heterocycles.